The molecule has 1 aliphatic carbocycles. The van der Waals surface area contributed by atoms with Gasteiger partial charge < -0.3 is 9.52 Å². The molecule has 1 aromatic rings. The van der Waals surface area contributed by atoms with Crippen molar-refractivity contribution >= 4 is 5.97 Å². The number of aromatic nitrogens is 1. The first-order valence-corrected chi connectivity index (χ1v) is 6.62. The fraction of sp³-hybridized carbons (Fsp3) is 0.714. The van der Waals surface area contributed by atoms with Crippen LogP contribution in [0.5, 0.6) is 0 Å². The normalized spacial score (nSPS) is 28.3. The molecule has 1 fully saturated rings. The number of carboxylic acids is 1. The molecule has 106 valence electrons. The summed E-state index contributed by atoms with van der Waals surface area (Å²) >= 11 is 0. The lowest BCUT2D eigenvalue weighted by atomic mass is 9.77. The summed E-state index contributed by atoms with van der Waals surface area (Å²) in [6, 6.07) is 0. The topological polar surface area (TPSA) is 63.3 Å². The van der Waals surface area contributed by atoms with Crippen LogP contribution in [0.1, 0.15) is 57.5 Å². The van der Waals surface area contributed by atoms with Crippen molar-refractivity contribution in [3.63, 3.8) is 0 Å². The van der Waals surface area contributed by atoms with Crippen molar-refractivity contribution in [1.29, 1.82) is 0 Å². The molecule has 0 aliphatic heterocycles. The number of nitrogens with zero attached hydrogens (tertiary/aromatic N) is 1. The van der Waals surface area contributed by atoms with E-state index in [1.54, 1.807) is 0 Å². The first-order valence-electron chi connectivity index (χ1n) is 6.62. The predicted molar refractivity (Wildman–Crippen MR) is 67.8 cm³/mol. The van der Waals surface area contributed by atoms with Gasteiger partial charge in [0.25, 0.3) is 0 Å². The number of hydrogen-bond donors (Lipinski definition) is 1. The molecule has 3 atom stereocenters. The molecule has 0 saturated heterocycles. The van der Waals surface area contributed by atoms with Crippen LogP contribution in [0.4, 0.5) is 4.39 Å². The number of hydrogen-bond acceptors (Lipinski definition) is 3. The molecule has 4 nitrogen and oxygen atoms in total. The molecule has 1 heterocycles. The molecule has 5 heteroatoms. The minimum atomic E-state index is -1.02. The third kappa shape index (κ3) is 2.96. The molecule has 19 heavy (non-hydrogen) atoms. The number of carboxylic acid groups (broad SMARTS) is 1. The van der Waals surface area contributed by atoms with Gasteiger partial charge in [0, 0.05) is 11.3 Å². The maximum Gasteiger partial charge on any atom is 0.307 e. The second kappa shape index (κ2) is 4.94. The highest BCUT2D eigenvalue weighted by atomic mass is 19.1. The third-order valence-electron chi connectivity index (χ3n) is 3.65. The molecule has 3 unspecified atom stereocenters. The van der Waals surface area contributed by atoms with Gasteiger partial charge in [-0.15, -0.1) is 0 Å². The Kier molecular flexibility index (Phi) is 3.65. The van der Waals surface area contributed by atoms with Crippen LogP contribution in [0.25, 0.3) is 0 Å². The van der Waals surface area contributed by atoms with E-state index in [-0.39, 0.29) is 17.8 Å². The van der Waals surface area contributed by atoms with Crippen LogP contribution >= 0.6 is 0 Å². The molecule has 0 bridgehead atoms. The number of aliphatic carboxylic acids is 1. The third-order valence-corrected chi connectivity index (χ3v) is 3.65. The van der Waals surface area contributed by atoms with Crippen molar-refractivity contribution in [3.05, 3.63) is 17.8 Å². The Balaban J connectivity index is 2.24. The lowest BCUT2D eigenvalue weighted by molar-refractivity contribution is -0.144. The van der Waals surface area contributed by atoms with Gasteiger partial charge in [-0.1, -0.05) is 20.8 Å². The monoisotopic (exact) mass is 269 g/mol. The Hall–Kier alpha value is -1.39. The Morgan fingerprint density at radius 2 is 2.16 bits per heavy atom. The highest BCUT2D eigenvalue weighted by molar-refractivity contribution is 5.71. The van der Waals surface area contributed by atoms with Crippen LogP contribution in [-0.2, 0) is 10.2 Å². The van der Waals surface area contributed by atoms with E-state index in [4.69, 9.17) is 4.42 Å². The van der Waals surface area contributed by atoms with Gasteiger partial charge in [0.1, 0.15) is 12.4 Å². The minimum absolute atomic E-state index is 0.0672. The van der Waals surface area contributed by atoms with Gasteiger partial charge in [-0.2, -0.15) is 0 Å². The number of rotatable bonds is 2. The van der Waals surface area contributed by atoms with Gasteiger partial charge in [0.15, 0.2) is 5.89 Å². The van der Waals surface area contributed by atoms with E-state index in [0.717, 1.165) is 0 Å². The molecule has 1 aromatic heterocycles. The Morgan fingerprint density at radius 3 is 2.68 bits per heavy atom. The smallest absolute Gasteiger partial charge is 0.307 e. The van der Waals surface area contributed by atoms with Crippen LogP contribution in [0, 0.1) is 5.92 Å². The van der Waals surface area contributed by atoms with E-state index in [1.807, 2.05) is 20.8 Å². The summed E-state index contributed by atoms with van der Waals surface area (Å²) in [5, 5.41) is 9.23. The molecule has 0 aromatic carbocycles. The fourth-order valence-electron chi connectivity index (χ4n) is 2.55. The van der Waals surface area contributed by atoms with Gasteiger partial charge >= 0.3 is 5.97 Å². The van der Waals surface area contributed by atoms with Gasteiger partial charge in [0.2, 0.25) is 0 Å². The maximum absolute atomic E-state index is 13.4. The van der Waals surface area contributed by atoms with Crippen LogP contribution < -0.4 is 0 Å². The summed E-state index contributed by atoms with van der Waals surface area (Å²) in [7, 11) is 0. The van der Waals surface area contributed by atoms with Crippen LogP contribution in [0.3, 0.4) is 0 Å². The van der Waals surface area contributed by atoms with Crippen LogP contribution in [-0.4, -0.2) is 22.2 Å². The molecule has 1 saturated carbocycles. The summed E-state index contributed by atoms with van der Waals surface area (Å²) in [6.45, 7) is 5.95. The molecule has 0 spiro atoms. The zero-order valence-corrected chi connectivity index (χ0v) is 11.5. The SMILES string of the molecule is CC(C)(C)c1nc(C2CCC(F)CC2C(=O)O)co1. The molecule has 1 N–H and O–H groups in total. The van der Waals surface area contributed by atoms with E-state index >= 15 is 0 Å². The van der Waals surface area contributed by atoms with Crippen molar-refractivity contribution in [2.45, 2.75) is 57.5 Å². The van der Waals surface area contributed by atoms with Crippen molar-refractivity contribution in [1.82, 2.24) is 4.98 Å². The summed E-state index contributed by atoms with van der Waals surface area (Å²) < 4.78 is 18.8. The minimum Gasteiger partial charge on any atom is -0.481 e. The van der Waals surface area contributed by atoms with Crippen molar-refractivity contribution in [3.8, 4) is 0 Å². The van der Waals surface area contributed by atoms with E-state index in [0.29, 0.717) is 24.4 Å². The summed E-state index contributed by atoms with van der Waals surface area (Å²) in [4.78, 5) is 15.7. The molecule has 1 aliphatic rings. The van der Waals surface area contributed by atoms with Gasteiger partial charge in [0.05, 0.1) is 11.6 Å². The van der Waals surface area contributed by atoms with E-state index < -0.39 is 18.1 Å². The Bertz CT molecular complexity index is 464. The second-order valence-electron chi connectivity index (χ2n) is 6.29. The lowest BCUT2D eigenvalue weighted by Gasteiger charge is -2.29. The van der Waals surface area contributed by atoms with Crippen molar-refractivity contribution in [2.75, 3.05) is 0 Å². The first kappa shape index (κ1) is 14.0. The van der Waals surface area contributed by atoms with Crippen molar-refractivity contribution < 1.29 is 18.7 Å². The average Bonchev–Trinajstić information content (AvgIpc) is 2.77. The molecule has 2 rings (SSSR count). The van der Waals surface area contributed by atoms with Crippen LogP contribution in [0.2, 0.25) is 0 Å². The number of oxazole rings is 1. The molecular weight excluding hydrogens is 249 g/mol. The molecule has 0 amide bonds. The van der Waals surface area contributed by atoms with E-state index in [2.05, 4.69) is 4.98 Å². The van der Waals surface area contributed by atoms with Crippen molar-refractivity contribution in [2.24, 2.45) is 5.92 Å². The number of halogens is 1. The standard InChI is InChI=1S/C14H20FNO3/c1-14(2,3)13-16-11(7-19-13)9-5-4-8(15)6-10(9)12(17)18/h7-10H,4-6H2,1-3H3,(H,17,18). The molecule has 0 radical (unpaired) electrons. The number of carbonyl (C=O) groups is 1. The molecular formula is C14H20FNO3. The van der Waals surface area contributed by atoms with Gasteiger partial charge in [-0.25, -0.2) is 9.37 Å². The van der Waals surface area contributed by atoms with Gasteiger partial charge in [-0.05, 0) is 19.3 Å². The Morgan fingerprint density at radius 1 is 1.47 bits per heavy atom. The van der Waals surface area contributed by atoms with Gasteiger partial charge in [-0.3, -0.25) is 4.79 Å². The predicted octanol–water partition coefficient (Wildman–Crippen LogP) is 3.28. The quantitative estimate of drug-likeness (QED) is 0.895. The zero-order chi connectivity index (χ0) is 14.2. The van der Waals surface area contributed by atoms with E-state index in [1.165, 1.54) is 6.26 Å². The number of alkyl halides is 1. The van der Waals surface area contributed by atoms with Crippen LogP contribution in [0.15, 0.2) is 10.7 Å². The Labute approximate surface area is 112 Å². The maximum atomic E-state index is 13.4. The second-order valence-corrected chi connectivity index (χ2v) is 6.29. The summed E-state index contributed by atoms with van der Waals surface area (Å²) in [6.07, 6.45) is 1.48. The van der Waals surface area contributed by atoms with E-state index in [9.17, 15) is 14.3 Å². The highest BCUT2D eigenvalue weighted by Crippen LogP contribution is 2.39. The summed E-state index contributed by atoms with van der Waals surface area (Å²) in [5.74, 6) is -1.31. The first-order chi connectivity index (χ1) is 8.79. The lowest BCUT2D eigenvalue weighted by Crippen LogP contribution is -2.30. The highest BCUT2D eigenvalue weighted by Gasteiger charge is 2.38. The zero-order valence-electron chi connectivity index (χ0n) is 11.5. The summed E-state index contributed by atoms with van der Waals surface area (Å²) in [5.41, 5.74) is 0.429. The average molecular weight is 269 g/mol. The fourth-order valence-corrected chi connectivity index (χ4v) is 2.55. The largest absolute Gasteiger partial charge is 0.481 e.